The van der Waals surface area contributed by atoms with Crippen molar-refractivity contribution in [2.24, 2.45) is 7.05 Å². The summed E-state index contributed by atoms with van der Waals surface area (Å²) < 4.78 is 7.20. The number of fused-ring (bicyclic) bond motifs is 1. The SMILES string of the molecule is COc1ccccc1C(=O)NCCc1ccc2c(c1)ncn2C. The summed E-state index contributed by atoms with van der Waals surface area (Å²) in [4.78, 5) is 16.6. The van der Waals surface area contributed by atoms with Gasteiger partial charge < -0.3 is 14.6 Å². The number of benzene rings is 2. The van der Waals surface area contributed by atoms with E-state index in [9.17, 15) is 4.79 Å². The Hall–Kier alpha value is -2.82. The highest BCUT2D eigenvalue weighted by atomic mass is 16.5. The van der Waals surface area contributed by atoms with Gasteiger partial charge in [0.05, 0.1) is 30.0 Å². The largest absolute Gasteiger partial charge is 0.496 e. The van der Waals surface area contributed by atoms with Gasteiger partial charge in [0.25, 0.3) is 5.91 Å². The number of imidazole rings is 1. The summed E-state index contributed by atoms with van der Waals surface area (Å²) in [6.45, 7) is 0.565. The third kappa shape index (κ3) is 3.18. The van der Waals surface area contributed by atoms with Gasteiger partial charge in [-0.05, 0) is 36.2 Å². The van der Waals surface area contributed by atoms with Gasteiger partial charge in [-0.15, -0.1) is 0 Å². The van der Waals surface area contributed by atoms with Crippen molar-refractivity contribution < 1.29 is 9.53 Å². The summed E-state index contributed by atoms with van der Waals surface area (Å²) in [6.07, 6.45) is 2.56. The van der Waals surface area contributed by atoms with Gasteiger partial charge in [-0.2, -0.15) is 0 Å². The lowest BCUT2D eigenvalue weighted by atomic mass is 10.1. The van der Waals surface area contributed by atoms with Crippen LogP contribution in [-0.2, 0) is 13.5 Å². The minimum absolute atomic E-state index is 0.124. The summed E-state index contributed by atoms with van der Waals surface area (Å²) in [5.74, 6) is 0.460. The van der Waals surface area contributed by atoms with Crippen molar-refractivity contribution in [1.82, 2.24) is 14.9 Å². The fraction of sp³-hybridized carbons (Fsp3) is 0.222. The third-order valence-corrected chi connectivity index (χ3v) is 3.84. The van der Waals surface area contributed by atoms with Crippen LogP contribution in [0.2, 0.25) is 0 Å². The number of para-hydroxylation sites is 1. The Bertz CT molecular complexity index is 839. The molecule has 0 atom stereocenters. The smallest absolute Gasteiger partial charge is 0.255 e. The van der Waals surface area contributed by atoms with Crippen molar-refractivity contribution in [3.05, 3.63) is 59.9 Å². The molecule has 5 nitrogen and oxygen atoms in total. The molecule has 1 N–H and O–H groups in total. The molecule has 0 saturated carbocycles. The molecule has 1 heterocycles. The molecule has 0 aliphatic rings. The first kappa shape index (κ1) is 15.1. The van der Waals surface area contributed by atoms with Crippen LogP contribution < -0.4 is 10.1 Å². The number of hydrogen-bond acceptors (Lipinski definition) is 3. The molecule has 3 rings (SSSR count). The Labute approximate surface area is 134 Å². The molecular formula is C18H19N3O2. The van der Waals surface area contributed by atoms with Crippen molar-refractivity contribution in [3.8, 4) is 5.75 Å². The molecular weight excluding hydrogens is 290 g/mol. The Morgan fingerprint density at radius 3 is 2.91 bits per heavy atom. The van der Waals surface area contributed by atoms with Crippen LogP contribution in [0.15, 0.2) is 48.8 Å². The highest BCUT2D eigenvalue weighted by Gasteiger charge is 2.10. The molecule has 3 aromatic rings. The molecule has 0 radical (unpaired) electrons. The minimum atomic E-state index is -0.124. The van der Waals surface area contributed by atoms with Crippen LogP contribution in [0, 0.1) is 0 Å². The molecule has 23 heavy (non-hydrogen) atoms. The Balaban J connectivity index is 1.62. The van der Waals surface area contributed by atoms with Crippen LogP contribution in [0.1, 0.15) is 15.9 Å². The Morgan fingerprint density at radius 1 is 1.26 bits per heavy atom. The van der Waals surface area contributed by atoms with Crippen LogP contribution in [0.25, 0.3) is 11.0 Å². The first-order chi connectivity index (χ1) is 11.2. The van der Waals surface area contributed by atoms with Gasteiger partial charge in [-0.25, -0.2) is 4.98 Å². The second-order valence-corrected chi connectivity index (χ2v) is 5.38. The van der Waals surface area contributed by atoms with E-state index < -0.39 is 0 Å². The average Bonchev–Trinajstić information content (AvgIpc) is 2.95. The zero-order valence-corrected chi connectivity index (χ0v) is 13.2. The lowest BCUT2D eigenvalue weighted by molar-refractivity contribution is 0.0951. The second kappa shape index (κ2) is 6.52. The molecule has 0 unspecified atom stereocenters. The van der Waals surface area contributed by atoms with E-state index in [0.717, 1.165) is 23.0 Å². The van der Waals surface area contributed by atoms with E-state index in [1.807, 2.05) is 23.7 Å². The van der Waals surface area contributed by atoms with Gasteiger partial charge in [0, 0.05) is 13.6 Å². The molecule has 1 aromatic heterocycles. The normalized spacial score (nSPS) is 10.7. The number of aromatic nitrogens is 2. The summed E-state index contributed by atoms with van der Waals surface area (Å²) in [5, 5.41) is 2.93. The van der Waals surface area contributed by atoms with Crippen LogP contribution in [0.5, 0.6) is 5.75 Å². The van der Waals surface area contributed by atoms with Crippen LogP contribution in [0.4, 0.5) is 0 Å². The highest BCUT2D eigenvalue weighted by Crippen LogP contribution is 2.17. The number of nitrogens with one attached hydrogen (secondary N) is 1. The maximum Gasteiger partial charge on any atom is 0.255 e. The lowest BCUT2D eigenvalue weighted by Gasteiger charge is -2.09. The second-order valence-electron chi connectivity index (χ2n) is 5.38. The molecule has 0 aliphatic heterocycles. The zero-order chi connectivity index (χ0) is 16.2. The number of nitrogens with zero attached hydrogens (tertiary/aromatic N) is 2. The number of methoxy groups -OCH3 is 1. The van der Waals surface area contributed by atoms with E-state index in [4.69, 9.17) is 4.74 Å². The first-order valence-corrected chi connectivity index (χ1v) is 7.50. The maximum atomic E-state index is 12.2. The van der Waals surface area contributed by atoms with Gasteiger partial charge in [-0.1, -0.05) is 18.2 Å². The molecule has 0 aliphatic carbocycles. The Morgan fingerprint density at radius 2 is 2.09 bits per heavy atom. The van der Waals surface area contributed by atoms with Gasteiger partial charge in [0.2, 0.25) is 0 Å². The van der Waals surface area contributed by atoms with Crippen LogP contribution in [-0.4, -0.2) is 29.1 Å². The predicted molar refractivity (Wildman–Crippen MR) is 89.7 cm³/mol. The summed E-state index contributed by atoms with van der Waals surface area (Å²) in [5.41, 5.74) is 3.78. The van der Waals surface area contributed by atoms with Crippen molar-refractivity contribution in [2.75, 3.05) is 13.7 Å². The lowest BCUT2D eigenvalue weighted by Crippen LogP contribution is -2.26. The summed E-state index contributed by atoms with van der Waals surface area (Å²) >= 11 is 0. The number of carbonyl (C=O) groups is 1. The molecule has 1 amide bonds. The average molecular weight is 309 g/mol. The van der Waals surface area contributed by atoms with E-state index in [-0.39, 0.29) is 5.91 Å². The highest BCUT2D eigenvalue weighted by molar-refractivity contribution is 5.96. The monoisotopic (exact) mass is 309 g/mol. The molecule has 0 spiro atoms. The first-order valence-electron chi connectivity index (χ1n) is 7.50. The fourth-order valence-electron chi connectivity index (χ4n) is 2.58. The number of aryl methyl sites for hydroxylation is 1. The van der Waals surface area contributed by atoms with E-state index in [2.05, 4.69) is 28.5 Å². The van der Waals surface area contributed by atoms with Crippen LogP contribution in [0.3, 0.4) is 0 Å². The third-order valence-electron chi connectivity index (χ3n) is 3.84. The Kier molecular flexibility index (Phi) is 4.28. The van der Waals surface area contributed by atoms with Gasteiger partial charge in [0.15, 0.2) is 0 Å². The number of carbonyl (C=O) groups excluding carboxylic acids is 1. The van der Waals surface area contributed by atoms with Gasteiger partial charge in [0.1, 0.15) is 5.75 Å². The number of hydrogen-bond donors (Lipinski definition) is 1. The molecule has 2 aromatic carbocycles. The van der Waals surface area contributed by atoms with E-state index in [1.165, 1.54) is 0 Å². The number of rotatable bonds is 5. The summed E-state index contributed by atoms with van der Waals surface area (Å²) in [6, 6.07) is 13.4. The molecule has 0 bridgehead atoms. The van der Waals surface area contributed by atoms with Crippen molar-refractivity contribution in [3.63, 3.8) is 0 Å². The number of amides is 1. The van der Waals surface area contributed by atoms with E-state index in [0.29, 0.717) is 17.9 Å². The standard InChI is InChI=1S/C18H19N3O2/c1-21-12-20-15-11-13(7-8-16(15)21)9-10-19-18(22)14-5-3-4-6-17(14)23-2/h3-8,11-12H,9-10H2,1-2H3,(H,19,22). The van der Waals surface area contributed by atoms with Gasteiger partial charge >= 0.3 is 0 Å². The quantitative estimate of drug-likeness (QED) is 0.788. The van der Waals surface area contributed by atoms with Crippen LogP contribution >= 0.6 is 0 Å². The van der Waals surface area contributed by atoms with Crippen molar-refractivity contribution >= 4 is 16.9 Å². The fourth-order valence-corrected chi connectivity index (χ4v) is 2.58. The van der Waals surface area contributed by atoms with E-state index >= 15 is 0 Å². The molecule has 0 saturated heterocycles. The number of ether oxygens (including phenoxy) is 1. The predicted octanol–water partition coefficient (Wildman–Crippen LogP) is 2.55. The molecule has 0 fully saturated rings. The topological polar surface area (TPSA) is 56.1 Å². The van der Waals surface area contributed by atoms with Crippen molar-refractivity contribution in [1.29, 1.82) is 0 Å². The van der Waals surface area contributed by atoms with Gasteiger partial charge in [-0.3, -0.25) is 4.79 Å². The zero-order valence-electron chi connectivity index (χ0n) is 13.2. The van der Waals surface area contributed by atoms with Crippen molar-refractivity contribution in [2.45, 2.75) is 6.42 Å². The maximum absolute atomic E-state index is 12.2. The van der Waals surface area contributed by atoms with E-state index in [1.54, 1.807) is 25.6 Å². The summed E-state index contributed by atoms with van der Waals surface area (Å²) in [7, 11) is 3.54. The molecule has 5 heteroatoms. The molecule has 118 valence electrons. The minimum Gasteiger partial charge on any atom is -0.496 e.